The summed E-state index contributed by atoms with van der Waals surface area (Å²) in [5.41, 5.74) is 0. The standard InChI is InChI=1S/C21H20ClO6P/c1-27-21(23)17-29(28-22(24,25)26,18-11-5-2-6-12-18,19-13-7-3-8-14-19)20-15-9-4-10-16-20/h2-16H,17H2,1H3. The Hall–Kier alpha value is -2.31. The Bertz CT molecular complexity index is 861. The molecule has 0 aromatic heterocycles. The van der Waals surface area contributed by atoms with Crippen LogP contribution in [0.5, 0.6) is 0 Å². The zero-order valence-corrected chi connectivity index (χ0v) is 17.3. The van der Waals surface area contributed by atoms with Gasteiger partial charge in [-0.2, -0.15) is 0 Å². The first-order valence-electron chi connectivity index (χ1n) is 8.69. The Kier molecular flexibility index (Phi) is 6.05. The summed E-state index contributed by atoms with van der Waals surface area (Å²) in [7, 11) is -3.70. The zero-order valence-electron chi connectivity index (χ0n) is 15.6. The molecule has 29 heavy (non-hydrogen) atoms. The second kappa shape index (κ2) is 8.20. The van der Waals surface area contributed by atoms with Crippen LogP contribution in [0.4, 0.5) is 0 Å². The molecular formula is C21H20ClO6P. The van der Waals surface area contributed by atoms with Crippen molar-refractivity contribution in [1.29, 1.82) is 0 Å². The van der Waals surface area contributed by atoms with Gasteiger partial charge >= 0.3 is 171 Å². The maximum absolute atomic E-state index is 12.7. The molecule has 3 rings (SSSR count). The van der Waals surface area contributed by atoms with E-state index in [-0.39, 0.29) is 0 Å². The van der Waals surface area contributed by atoms with E-state index in [0.29, 0.717) is 15.9 Å². The average molecular weight is 435 g/mol. The van der Waals surface area contributed by atoms with Gasteiger partial charge in [0.05, 0.1) is 0 Å². The molecule has 0 heterocycles. The molecule has 152 valence electrons. The fourth-order valence-electron chi connectivity index (χ4n) is 3.59. The van der Waals surface area contributed by atoms with Gasteiger partial charge in [0.2, 0.25) is 0 Å². The fourth-order valence-corrected chi connectivity index (χ4v) is 10.7. The monoisotopic (exact) mass is 434 g/mol. The van der Waals surface area contributed by atoms with Gasteiger partial charge < -0.3 is 0 Å². The molecule has 0 saturated carbocycles. The van der Waals surface area contributed by atoms with Crippen LogP contribution in [-0.2, 0) is 13.6 Å². The summed E-state index contributed by atoms with van der Waals surface area (Å²) in [6, 6.07) is 25.5. The van der Waals surface area contributed by atoms with Crippen molar-refractivity contribution >= 4 is 28.7 Å². The van der Waals surface area contributed by atoms with Gasteiger partial charge in [0.15, 0.2) is 0 Å². The first-order chi connectivity index (χ1) is 13.8. The van der Waals surface area contributed by atoms with Crippen LogP contribution in [0.1, 0.15) is 0 Å². The van der Waals surface area contributed by atoms with Crippen LogP contribution in [0.15, 0.2) is 91.0 Å². The van der Waals surface area contributed by atoms with Crippen LogP contribution in [-0.4, -0.2) is 19.2 Å². The van der Waals surface area contributed by atoms with Gasteiger partial charge in [0.25, 0.3) is 0 Å². The third-order valence-corrected chi connectivity index (χ3v) is 11.7. The van der Waals surface area contributed by atoms with E-state index in [1.165, 1.54) is 7.11 Å². The molecular weight excluding hydrogens is 415 g/mol. The molecule has 6 nitrogen and oxygen atoms in total. The van der Waals surface area contributed by atoms with E-state index in [4.69, 9.17) is 8.81 Å². The molecule has 3 aromatic rings. The molecule has 0 spiro atoms. The van der Waals surface area contributed by atoms with Crippen molar-refractivity contribution in [2.45, 2.75) is 0 Å². The van der Waals surface area contributed by atoms with Crippen molar-refractivity contribution in [3.05, 3.63) is 91.0 Å². The number of carbonyl (C=O) groups excluding carboxylic acids is 1. The van der Waals surface area contributed by atoms with Gasteiger partial charge in [0.1, 0.15) is 0 Å². The SMILES string of the molecule is COC(=O)CP(O[Cl+3]([O-])([O-])[O-])(c1ccccc1)(c1ccccc1)c1ccccc1. The van der Waals surface area contributed by atoms with Crippen molar-refractivity contribution in [1.82, 2.24) is 0 Å². The Morgan fingerprint density at radius 2 is 1.10 bits per heavy atom. The molecule has 0 aliphatic heterocycles. The number of methoxy groups -OCH3 is 1. The van der Waals surface area contributed by atoms with Crippen molar-refractivity contribution in [2.24, 2.45) is 0 Å². The molecule has 0 N–H and O–H groups in total. The van der Waals surface area contributed by atoms with Crippen LogP contribution in [0.25, 0.3) is 0 Å². The van der Waals surface area contributed by atoms with Gasteiger partial charge in [-0.1, -0.05) is 0 Å². The summed E-state index contributed by atoms with van der Waals surface area (Å²) in [6.45, 7) is -4.60. The van der Waals surface area contributed by atoms with E-state index < -0.39 is 29.2 Å². The molecule has 0 fully saturated rings. The van der Waals surface area contributed by atoms with Gasteiger partial charge in [-0.3, -0.25) is 0 Å². The molecule has 0 aliphatic rings. The molecule has 0 bridgehead atoms. The predicted molar refractivity (Wildman–Crippen MR) is 103 cm³/mol. The zero-order chi connectivity index (χ0) is 21.0. The van der Waals surface area contributed by atoms with E-state index in [1.807, 2.05) is 0 Å². The number of halogens is 1. The van der Waals surface area contributed by atoms with Crippen LogP contribution < -0.4 is 29.9 Å². The number of rotatable bonds is 7. The molecule has 0 saturated heterocycles. The van der Waals surface area contributed by atoms with Crippen molar-refractivity contribution in [3.8, 4) is 0 Å². The van der Waals surface area contributed by atoms with E-state index in [2.05, 4.69) is 0 Å². The van der Waals surface area contributed by atoms with Gasteiger partial charge in [-0.05, 0) is 0 Å². The molecule has 0 aliphatic carbocycles. The number of benzene rings is 3. The van der Waals surface area contributed by atoms with E-state index in [0.717, 1.165) is 0 Å². The number of ether oxygens (including phenoxy) is 1. The summed E-state index contributed by atoms with van der Waals surface area (Å²) in [5.74, 6) is -0.696. The van der Waals surface area contributed by atoms with Crippen molar-refractivity contribution in [3.63, 3.8) is 0 Å². The van der Waals surface area contributed by atoms with Gasteiger partial charge in [-0.25, -0.2) is 0 Å². The summed E-state index contributed by atoms with van der Waals surface area (Å²) >= 11 is 0. The normalized spacial score (nSPS) is 13.3. The molecule has 0 unspecified atom stereocenters. The van der Waals surface area contributed by atoms with Crippen LogP contribution in [0.3, 0.4) is 0 Å². The number of carbonyl (C=O) groups is 1. The predicted octanol–water partition coefficient (Wildman–Crippen LogP) is -0.482. The van der Waals surface area contributed by atoms with Gasteiger partial charge in [-0.15, -0.1) is 0 Å². The topological polar surface area (TPSA) is 105 Å². The van der Waals surface area contributed by atoms with Crippen LogP contribution in [0.2, 0.25) is 0 Å². The molecule has 0 atom stereocenters. The second-order valence-corrected chi connectivity index (χ2v) is 12.0. The third-order valence-electron chi connectivity index (χ3n) is 4.80. The molecule has 8 heteroatoms. The van der Waals surface area contributed by atoms with Crippen LogP contribution >= 0.6 is 6.83 Å². The third kappa shape index (κ3) is 3.91. The maximum atomic E-state index is 12.7. The molecule has 0 amide bonds. The quantitative estimate of drug-likeness (QED) is 0.367. The van der Waals surface area contributed by atoms with E-state index in [9.17, 15) is 18.8 Å². The number of esters is 1. The summed E-state index contributed by atoms with van der Waals surface area (Å²) in [5, 5.41) is 1.27. The summed E-state index contributed by atoms with van der Waals surface area (Å²) < 4.78 is 46.8. The van der Waals surface area contributed by atoms with Gasteiger partial charge in [0, 0.05) is 0 Å². The molecule has 0 radical (unpaired) electrons. The Morgan fingerprint density at radius 3 is 1.38 bits per heavy atom. The molecule has 3 aromatic carbocycles. The second-order valence-electron chi connectivity index (χ2n) is 6.40. The average Bonchev–Trinajstić information content (AvgIpc) is 2.74. The number of hydrogen-bond donors (Lipinski definition) is 0. The first kappa shape index (κ1) is 21.4. The first-order valence-corrected chi connectivity index (χ1v) is 12.3. The fraction of sp³-hybridized carbons (Fsp3) is 0.0952. The Morgan fingerprint density at radius 1 is 0.759 bits per heavy atom. The minimum absolute atomic E-state index is 0.424. The van der Waals surface area contributed by atoms with Crippen molar-refractivity contribution in [2.75, 3.05) is 13.3 Å². The summed E-state index contributed by atoms with van der Waals surface area (Å²) in [6.07, 6.45) is -0.450. The Labute approximate surface area is 171 Å². The minimum atomic E-state index is -4.91. The Balaban J connectivity index is 2.55. The van der Waals surface area contributed by atoms with Crippen molar-refractivity contribution < 1.29 is 37.8 Å². The number of hydrogen-bond acceptors (Lipinski definition) is 6. The van der Waals surface area contributed by atoms with E-state index in [1.54, 1.807) is 91.0 Å². The van der Waals surface area contributed by atoms with Crippen LogP contribution in [0, 0.1) is 10.2 Å². The van der Waals surface area contributed by atoms with E-state index >= 15 is 0 Å². The summed E-state index contributed by atoms with van der Waals surface area (Å²) in [4.78, 5) is 12.7.